The maximum atomic E-state index is 6.63. The van der Waals surface area contributed by atoms with E-state index in [2.05, 4.69) is 0 Å². The molecular formula is C3H7NS. The summed E-state index contributed by atoms with van der Waals surface area (Å²) in [6.45, 7) is 1.90. The van der Waals surface area contributed by atoms with E-state index in [1.807, 2.05) is 6.92 Å². The molecule has 0 aromatic carbocycles. The van der Waals surface area contributed by atoms with Crippen molar-refractivity contribution in [1.82, 2.24) is 0 Å². The van der Waals surface area contributed by atoms with Crippen LogP contribution in [0.5, 0.6) is 0 Å². The third-order valence-corrected chi connectivity index (χ3v) is 0.933. The summed E-state index contributed by atoms with van der Waals surface area (Å²) in [6, 6.07) is 0. The Labute approximate surface area is 34.1 Å². The van der Waals surface area contributed by atoms with Gasteiger partial charge in [0.15, 0.2) is 0 Å². The number of hydrogen-bond acceptors (Lipinski definition) is 1. The fourth-order valence-electron chi connectivity index (χ4n) is 0. The van der Waals surface area contributed by atoms with Crippen LogP contribution in [-0.4, -0.2) is 5.75 Å². The number of nitrogens with one attached hydrogen (secondary N) is 1. The maximum absolute atomic E-state index is 6.63. The van der Waals surface area contributed by atoms with Gasteiger partial charge in [0.05, 0.1) is 0 Å². The molecule has 0 heterocycles. The van der Waals surface area contributed by atoms with Gasteiger partial charge in [-0.05, 0) is 0 Å². The molecule has 0 unspecified atom stereocenters. The summed E-state index contributed by atoms with van der Waals surface area (Å²) in [4.78, 5) is 0. The summed E-state index contributed by atoms with van der Waals surface area (Å²) in [5.74, 6) is 0.778. The lowest BCUT2D eigenvalue weighted by Gasteiger charge is -1.64. The van der Waals surface area contributed by atoms with Crippen molar-refractivity contribution in [3.05, 3.63) is 0 Å². The summed E-state index contributed by atoms with van der Waals surface area (Å²) < 4.78 is 6.63. The van der Waals surface area contributed by atoms with Crippen molar-refractivity contribution in [3.8, 4) is 5.69 Å². The highest BCUT2D eigenvalue weighted by molar-refractivity contribution is 7.74. The average molecular weight is 89.2 g/mol. The number of rotatable bonds is 0. The minimum Gasteiger partial charge on any atom is -0.253 e. The van der Waals surface area contributed by atoms with E-state index in [9.17, 15) is 0 Å². The van der Waals surface area contributed by atoms with Crippen LogP contribution in [0.4, 0.5) is 0 Å². The van der Waals surface area contributed by atoms with Crippen molar-refractivity contribution in [2.45, 2.75) is 6.92 Å². The van der Waals surface area contributed by atoms with Crippen LogP contribution in [0, 0.1) is 10.5 Å². The van der Waals surface area contributed by atoms with E-state index in [4.69, 9.17) is 10.5 Å². The van der Waals surface area contributed by atoms with Gasteiger partial charge < -0.3 is 0 Å². The summed E-state index contributed by atoms with van der Waals surface area (Å²) in [5, 5.41) is 0. The fourth-order valence-corrected chi connectivity index (χ4v) is 0. The van der Waals surface area contributed by atoms with Crippen LogP contribution in [0.1, 0.15) is 6.92 Å². The van der Waals surface area contributed by atoms with Gasteiger partial charge in [0, 0.05) is 5.75 Å². The van der Waals surface area contributed by atoms with Crippen LogP contribution in [0.15, 0.2) is 0 Å². The Morgan fingerprint density at radius 3 is 2.20 bits per heavy atom. The van der Waals surface area contributed by atoms with Crippen molar-refractivity contribution in [3.63, 3.8) is 0 Å². The zero-order valence-corrected chi connectivity index (χ0v) is 4.01. The topological polar surface area (TPSA) is 23.9 Å². The molecular weight excluding hydrogens is 82.1 g/mol. The molecule has 2 heteroatoms. The number of hydrogen-bond donors (Lipinski definition) is 1. The van der Waals surface area contributed by atoms with Gasteiger partial charge in [0.25, 0.3) is 0 Å². The minimum atomic E-state index is -0.573. The zero-order chi connectivity index (χ0) is 4.28. The van der Waals surface area contributed by atoms with E-state index in [0.29, 0.717) is 0 Å². The van der Waals surface area contributed by atoms with Crippen molar-refractivity contribution in [2.24, 2.45) is 0 Å². The van der Waals surface area contributed by atoms with Gasteiger partial charge >= 0.3 is 0 Å². The Bertz CT molecular complexity index is 108. The molecule has 0 aromatic heterocycles. The lowest BCUT2D eigenvalue weighted by molar-refractivity contribution is 1.50. The van der Waals surface area contributed by atoms with Gasteiger partial charge in [-0.2, -0.15) is 0 Å². The van der Waals surface area contributed by atoms with Crippen LogP contribution in [-0.2, 0) is 10.1 Å². The third kappa shape index (κ3) is 3.80. The molecule has 1 nitrogen and oxygen atoms in total. The van der Waals surface area contributed by atoms with E-state index in [-0.39, 0.29) is 0 Å². The molecule has 1 N–H and O–H groups in total. The van der Waals surface area contributed by atoms with Gasteiger partial charge in [-0.15, -0.1) is 10.1 Å². The minimum absolute atomic E-state index is 0.573. The van der Waals surface area contributed by atoms with Gasteiger partial charge in [-0.25, -0.2) is 0 Å². The Balaban J connectivity index is 3.39. The van der Waals surface area contributed by atoms with Crippen LogP contribution < -0.4 is 0 Å². The summed E-state index contributed by atoms with van der Waals surface area (Å²) in [6.07, 6.45) is 0. The first-order valence-electron chi connectivity index (χ1n) is 1.44. The van der Waals surface area contributed by atoms with Crippen LogP contribution in [0.2, 0.25) is 0 Å². The molecule has 0 aliphatic rings. The molecule has 0 aliphatic carbocycles. The second-order valence-electron chi connectivity index (χ2n) is 0.718. The SMILES string of the molecule is C#S(=N)CC. The van der Waals surface area contributed by atoms with Crippen molar-refractivity contribution in [2.75, 3.05) is 5.75 Å². The molecule has 30 valence electrons. The molecule has 0 spiro atoms. The van der Waals surface area contributed by atoms with E-state index in [0.717, 1.165) is 5.75 Å². The van der Waals surface area contributed by atoms with E-state index < -0.39 is 10.1 Å². The molecule has 0 fully saturated rings. The highest BCUT2D eigenvalue weighted by atomic mass is 32.2. The van der Waals surface area contributed by atoms with E-state index >= 15 is 0 Å². The van der Waals surface area contributed by atoms with Gasteiger partial charge in [0.1, 0.15) is 0 Å². The van der Waals surface area contributed by atoms with Gasteiger partial charge in [0.2, 0.25) is 0 Å². The largest absolute Gasteiger partial charge is 0.253 e. The van der Waals surface area contributed by atoms with E-state index in [1.54, 1.807) is 0 Å². The fraction of sp³-hybridized carbons (Fsp3) is 0.667. The molecule has 0 aromatic rings. The maximum Gasteiger partial charge on any atom is 0.0219 e. The molecule has 0 saturated carbocycles. The first-order valence-corrected chi connectivity index (χ1v) is 2.89. The van der Waals surface area contributed by atoms with Gasteiger partial charge in [-0.1, -0.05) is 12.6 Å². The van der Waals surface area contributed by atoms with Crippen molar-refractivity contribution < 1.29 is 0 Å². The third-order valence-electron chi connectivity index (χ3n) is 0.311. The molecule has 0 bridgehead atoms. The van der Waals surface area contributed by atoms with Crippen molar-refractivity contribution in [1.29, 1.82) is 4.78 Å². The molecule has 0 saturated heterocycles. The molecule has 5 heavy (non-hydrogen) atoms. The second-order valence-corrected chi connectivity index (χ2v) is 2.15. The summed E-state index contributed by atoms with van der Waals surface area (Å²) >= 11 is 0. The average Bonchev–Trinajstić information content (AvgIpc) is 1.38. The zero-order valence-electron chi connectivity index (χ0n) is 3.19. The normalized spacial score (nSPS) is 7.20. The van der Waals surface area contributed by atoms with Gasteiger partial charge in [-0.3, -0.25) is 4.78 Å². The van der Waals surface area contributed by atoms with Crippen LogP contribution >= 0.6 is 0 Å². The Morgan fingerprint density at radius 2 is 2.20 bits per heavy atom. The molecule has 0 amide bonds. The lowest BCUT2D eigenvalue weighted by atomic mass is 11.0. The second kappa shape index (κ2) is 2.06. The molecule has 0 aliphatic heterocycles. The highest BCUT2D eigenvalue weighted by Crippen LogP contribution is 1.54. The molecule has 0 radical (unpaired) electrons. The smallest absolute Gasteiger partial charge is 0.0219 e. The van der Waals surface area contributed by atoms with Crippen LogP contribution in [0.3, 0.4) is 0 Å². The highest BCUT2D eigenvalue weighted by Gasteiger charge is 1.53. The Morgan fingerprint density at radius 1 is 2.00 bits per heavy atom. The van der Waals surface area contributed by atoms with Crippen molar-refractivity contribution >= 4 is 10.1 Å². The first kappa shape index (κ1) is 4.80. The Kier molecular flexibility index (Phi) is 1.98. The standard InChI is InChI=1S/C3H7NS/c1-3-5(2)4/h2,4H,3H2,1H3. The summed E-state index contributed by atoms with van der Waals surface area (Å²) in [7, 11) is -0.573. The monoisotopic (exact) mass is 89.0 g/mol. The predicted molar refractivity (Wildman–Crippen MR) is 25.6 cm³/mol. The molecule has 0 atom stereocenters. The summed E-state index contributed by atoms with van der Waals surface area (Å²) in [5.41, 5.74) is 4.99. The predicted octanol–water partition coefficient (Wildman–Crippen LogP) is 0.976. The quantitative estimate of drug-likeness (QED) is 0.457. The van der Waals surface area contributed by atoms with Crippen LogP contribution in [0.25, 0.3) is 0 Å². The lowest BCUT2D eigenvalue weighted by Crippen LogP contribution is -1.64. The molecule has 0 rings (SSSR count). The first-order chi connectivity index (χ1) is 2.27. The van der Waals surface area contributed by atoms with E-state index in [1.165, 1.54) is 0 Å². The Hall–Kier alpha value is -0.200.